The smallest absolute Gasteiger partial charge is 0.119 e. The highest BCUT2D eigenvalue weighted by Crippen LogP contribution is 2.35. The number of ether oxygens (including phenoxy) is 2. The molecule has 0 fully saturated rings. The van der Waals surface area contributed by atoms with Crippen molar-refractivity contribution >= 4 is 11.1 Å². The van der Waals surface area contributed by atoms with Gasteiger partial charge in [0.05, 0.1) is 6.61 Å². The highest BCUT2D eigenvalue weighted by molar-refractivity contribution is 5.98. The maximum Gasteiger partial charge on any atom is 0.119 e. The summed E-state index contributed by atoms with van der Waals surface area (Å²) in [5.74, 6) is 1.80. The van der Waals surface area contributed by atoms with Crippen LogP contribution in [0.4, 0.5) is 0 Å². The maximum atomic E-state index is 5.89. The minimum absolute atomic E-state index is 0.675. The Morgan fingerprint density at radius 1 is 0.677 bits per heavy atom. The summed E-state index contributed by atoms with van der Waals surface area (Å²) >= 11 is 0. The van der Waals surface area contributed by atoms with Gasteiger partial charge >= 0.3 is 0 Å². The number of hydrogen-bond acceptors (Lipinski definition) is 3. The average Bonchev–Trinajstić information content (AvgIpc) is 2.79. The molecule has 3 aromatic rings. The average molecular weight is 416 g/mol. The summed E-state index contributed by atoms with van der Waals surface area (Å²) in [6.45, 7) is 6.48. The molecule has 0 saturated carbocycles. The molecular formula is C28H33NO2. The van der Waals surface area contributed by atoms with E-state index in [0.717, 1.165) is 24.5 Å². The van der Waals surface area contributed by atoms with E-state index in [2.05, 4.69) is 105 Å². The predicted octanol–water partition coefficient (Wildman–Crippen LogP) is 6.39. The number of benzene rings is 3. The lowest BCUT2D eigenvalue weighted by Crippen LogP contribution is -2.19. The van der Waals surface area contributed by atoms with Crippen LogP contribution in [0.2, 0.25) is 0 Å². The van der Waals surface area contributed by atoms with Gasteiger partial charge in [0.15, 0.2) is 0 Å². The van der Waals surface area contributed by atoms with E-state index in [1.54, 1.807) is 0 Å². The Morgan fingerprint density at radius 2 is 1.23 bits per heavy atom. The van der Waals surface area contributed by atoms with Crippen LogP contribution < -0.4 is 9.47 Å². The van der Waals surface area contributed by atoms with E-state index >= 15 is 0 Å². The first kappa shape index (κ1) is 22.6. The van der Waals surface area contributed by atoms with Gasteiger partial charge in [0, 0.05) is 6.54 Å². The molecule has 3 heteroatoms. The molecule has 0 saturated heterocycles. The lowest BCUT2D eigenvalue weighted by molar-refractivity contribution is 0.261. The molecule has 3 aromatic carbocycles. The van der Waals surface area contributed by atoms with Gasteiger partial charge in [0.2, 0.25) is 0 Å². The van der Waals surface area contributed by atoms with Gasteiger partial charge in [0.1, 0.15) is 18.1 Å². The van der Waals surface area contributed by atoms with E-state index in [9.17, 15) is 0 Å². The Bertz CT molecular complexity index is 958. The molecule has 0 aliphatic carbocycles. The molecule has 0 aliphatic heterocycles. The summed E-state index contributed by atoms with van der Waals surface area (Å²) in [5.41, 5.74) is 6.20. The zero-order chi connectivity index (χ0) is 22.1. The summed E-state index contributed by atoms with van der Waals surface area (Å²) in [6.07, 6.45) is 0.930. The minimum atomic E-state index is 0.675. The second-order valence-corrected chi connectivity index (χ2v) is 7.71. The van der Waals surface area contributed by atoms with E-state index in [1.807, 2.05) is 6.92 Å². The standard InChI is InChI=1S/C28H33NO2/c1-5-27(22-12-16-25(17-13-22)30-6-2)28(23-10-8-7-9-11-23)24-14-18-26(19-15-24)31-21-20-29(3)4/h7-19H,5-6,20-21H2,1-4H3/b28-27+. The third-order valence-corrected chi connectivity index (χ3v) is 5.18. The zero-order valence-electron chi connectivity index (χ0n) is 19.1. The molecule has 0 N–H and O–H groups in total. The third kappa shape index (κ3) is 6.22. The molecule has 0 heterocycles. The number of rotatable bonds is 10. The fourth-order valence-corrected chi connectivity index (χ4v) is 3.63. The topological polar surface area (TPSA) is 21.7 Å². The Morgan fingerprint density at radius 3 is 1.77 bits per heavy atom. The van der Waals surface area contributed by atoms with Crippen LogP contribution in [0, 0.1) is 0 Å². The summed E-state index contributed by atoms with van der Waals surface area (Å²) in [5, 5.41) is 0. The summed E-state index contributed by atoms with van der Waals surface area (Å²) < 4.78 is 11.5. The Kier molecular flexibility index (Phi) is 8.31. The van der Waals surface area contributed by atoms with Gasteiger partial charge < -0.3 is 14.4 Å². The number of nitrogens with zero attached hydrogens (tertiary/aromatic N) is 1. The van der Waals surface area contributed by atoms with E-state index in [-0.39, 0.29) is 0 Å². The van der Waals surface area contributed by atoms with Crippen molar-refractivity contribution in [2.24, 2.45) is 0 Å². The Labute approximate surface area is 186 Å². The van der Waals surface area contributed by atoms with Gasteiger partial charge in [-0.2, -0.15) is 0 Å². The molecule has 3 nitrogen and oxygen atoms in total. The van der Waals surface area contributed by atoms with Crippen LogP contribution in [0.3, 0.4) is 0 Å². The summed E-state index contributed by atoms with van der Waals surface area (Å²) in [4.78, 5) is 2.12. The summed E-state index contributed by atoms with van der Waals surface area (Å²) in [7, 11) is 4.10. The molecule has 0 atom stereocenters. The first-order valence-electron chi connectivity index (χ1n) is 11.0. The third-order valence-electron chi connectivity index (χ3n) is 5.18. The van der Waals surface area contributed by atoms with Crippen molar-refractivity contribution < 1.29 is 9.47 Å². The normalized spacial score (nSPS) is 11.9. The molecule has 162 valence electrons. The van der Waals surface area contributed by atoms with Crippen LogP contribution in [0.15, 0.2) is 78.9 Å². The molecule has 0 unspecified atom stereocenters. The lowest BCUT2D eigenvalue weighted by Gasteiger charge is -2.17. The SMILES string of the molecule is CCOc1ccc(/C(CC)=C(\c2ccccc2)c2ccc(OCCN(C)C)cc2)cc1. The lowest BCUT2D eigenvalue weighted by atomic mass is 9.88. The Hall–Kier alpha value is -3.04. The monoisotopic (exact) mass is 415 g/mol. The highest BCUT2D eigenvalue weighted by atomic mass is 16.5. The van der Waals surface area contributed by atoms with E-state index in [4.69, 9.17) is 9.47 Å². The quantitative estimate of drug-likeness (QED) is 0.358. The molecular weight excluding hydrogens is 382 g/mol. The molecule has 0 radical (unpaired) electrons. The first-order chi connectivity index (χ1) is 15.1. The molecule has 0 aromatic heterocycles. The number of likely N-dealkylation sites (N-methyl/N-ethyl adjacent to an activating group) is 1. The van der Waals surface area contributed by atoms with Crippen molar-refractivity contribution in [2.45, 2.75) is 20.3 Å². The minimum Gasteiger partial charge on any atom is -0.494 e. The zero-order valence-corrected chi connectivity index (χ0v) is 19.1. The fourth-order valence-electron chi connectivity index (χ4n) is 3.63. The summed E-state index contributed by atoms with van der Waals surface area (Å²) in [6, 6.07) is 27.5. The molecule has 0 bridgehead atoms. The molecule has 3 rings (SSSR count). The molecule has 0 aliphatic rings. The van der Waals surface area contributed by atoms with Crippen molar-refractivity contribution in [1.82, 2.24) is 4.90 Å². The number of hydrogen-bond donors (Lipinski definition) is 0. The van der Waals surface area contributed by atoms with Crippen LogP contribution in [-0.2, 0) is 0 Å². The van der Waals surface area contributed by atoms with Gasteiger partial charge in [-0.05, 0) is 79.5 Å². The molecule has 0 spiro atoms. The van der Waals surface area contributed by atoms with E-state index < -0.39 is 0 Å². The molecule has 31 heavy (non-hydrogen) atoms. The molecule has 0 amide bonds. The van der Waals surface area contributed by atoms with Gasteiger partial charge in [-0.1, -0.05) is 61.5 Å². The van der Waals surface area contributed by atoms with Crippen LogP contribution in [0.25, 0.3) is 11.1 Å². The highest BCUT2D eigenvalue weighted by Gasteiger charge is 2.13. The van der Waals surface area contributed by atoms with Crippen molar-refractivity contribution in [3.63, 3.8) is 0 Å². The maximum absolute atomic E-state index is 5.89. The van der Waals surface area contributed by atoms with Gasteiger partial charge in [-0.3, -0.25) is 0 Å². The van der Waals surface area contributed by atoms with Crippen molar-refractivity contribution in [3.05, 3.63) is 95.6 Å². The largest absolute Gasteiger partial charge is 0.494 e. The van der Waals surface area contributed by atoms with Crippen LogP contribution >= 0.6 is 0 Å². The van der Waals surface area contributed by atoms with E-state index in [1.165, 1.54) is 27.8 Å². The van der Waals surface area contributed by atoms with Crippen molar-refractivity contribution in [3.8, 4) is 11.5 Å². The fraction of sp³-hybridized carbons (Fsp3) is 0.286. The van der Waals surface area contributed by atoms with Crippen molar-refractivity contribution in [2.75, 3.05) is 33.9 Å². The van der Waals surface area contributed by atoms with Crippen LogP contribution in [0.1, 0.15) is 37.0 Å². The number of allylic oxidation sites excluding steroid dienone is 1. The predicted molar refractivity (Wildman–Crippen MR) is 131 cm³/mol. The second kappa shape index (κ2) is 11.4. The van der Waals surface area contributed by atoms with Gasteiger partial charge in [-0.25, -0.2) is 0 Å². The van der Waals surface area contributed by atoms with Crippen LogP contribution in [-0.4, -0.2) is 38.8 Å². The second-order valence-electron chi connectivity index (χ2n) is 7.71. The van der Waals surface area contributed by atoms with Gasteiger partial charge in [0.25, 0.3) is 0 Å². The van der Waals surface area contributed by atoms with Crippen LogP contribution in [0.5, 0.6) is 11.5 Å². The van der Waals surface area contributed by atoms with Crippen molar-refractivity contribution in [1.29, 1.82) is 0 Å². The first-order valence-corrected chi connectivity index (χ1v) is 11.0. The van der Waals surface area contributed by atoms with Gasteiger partial charge in [-0.15, -0.1) is 0 Å². The Balaban J connectivity index is 1.99. The van der Waals surface area contributed by atoms with E-state index in [0.29, 0.717) is 13.2 Å².